The van der Waals surface area contributed by atoms with Gasteiger partial charge in [0.05, 0.1) is 20.0 Å². The molecule has 0 amide bonds. The molecule has 0 radical (unpaired) electrons. The van der Waals surface area contributed by atoms with Gasteiger partial charge in [0.25, 0.3) is 0 Å². The van der Waals surface area contributed by atoms with E-state index in [0.29, 0.717) is 5.69 Å². The maximum atomic E-state index is 12.0. The van der Waals surface area contributed by atoms with Gasteiger partial charge in [0.1, 0.15) is 24.1 Å². The third kappa shape index (κ3) is 5.99. The molecule has 40 heavy (non-hydrogen) atoms. The number of hydrogen-bond donors (Lipinski definition) is 6. The summed E-state index contributed by atoms with van der Waals surface area (Å²) in [5, 5.41) is 25.9. The molecule has 0 aliphatic carbocycles. The Hall–Kier alpha value is -2.68. The van der Waals surface area contributed by atoms with Crippen LogP contribution in [0.4, 0.5) is 11.5 Å². The van der Waals surface area contributed by atoms with Crippen molar-refractivity contribution in [2.75, 3.05) is 24.9 Å². The molecule has 1 fully saturated rings. The summed E-state index contributed by atoms with van der Waals surface area (Å²) in [4.78, 5) is 40.3. The third-order valence-corrected chi connectivity index (χ3v) is 9.76. The van der Waals surface area contributed by atoms with Crippen LogP contribution in [0.5, 0.6) is 5.75 Å². The Kier molecular flexibility index (Phi) is 7.89. The largest absolute Gasteiger partial charge is 0.496 e. The van der Waals surface area contributed by atoms with Crippen molar-refractivity contribution in [3.05, 3.63) is 48.0 Å². The predicted octanol–water partition coefficient (Wildman–Crippen LogP) is 2.34. The van der Waals surface area contributed by atoms with E-state index >= 15 is 0 Å². The van der Waals surface area contributed by atoms with E-state index in [1.165, 1.54) is 10.9 Å². The number of ether oxygens (including phenoxy) is 2. The number of imidazole rings is 1. The first-order valence-electron chi connectivity index (χ1n) is 11.6. The second kappa shape index (κ2) is 11.0. The number of fused-ring (bicyclic) bond motifs is 2. The second-order valence-corrected chi connectivity index (χ2v) is 13.3. The molecule has 2 aromatic heterocycles. The zero-order valence-corrected chi connectivity index (χ0v) is 23.1. The van der Waals surface area contributed by atoms with Crippen molar-refractivity contribution in [2.45, 2.75) is 24.5 Å². The van der Waals surface area contributed by atoms with E-state index in [1.54, 1.807) is 7.11 Å². The van der Waals surface area contributed by atoms with Crippen LogP contribution in [0, 0.1) is 0 Å². The van der Waals surface area contributed by atoms with Crippen LogP contribution in [-0.2, 0) is 18.4 Å². The molecular weight excluding hydrogens is 592 g/mol. The fourth-order valence-corrected chi connectivity index (χ4v) is 7.10. The quantitative estimate of drug-likeness (QED) is 0.118. The molecule has 3 heterocycles. The minimum atomic E-state index is -4.85. The summed E-state index contributed by atoms with van der Waals surface area (Å²) in [5.74, 6) is -0.431. The third-order valence-electron chi connectivity index (χ3n) is 6.13. The van der Waals surface area contributed by atoms with Gasteiger partial charge in [0.15, 0.2) is 29.1 Å². The van der Waals surface area contributed by atoms with E-state index < -0.39 is 52.2 Å². The van der Waals surface area contributed by atoms with Crippen molar-refractivity contribution >= 4 is 60.2 Å². The van der Waals surface area contributed by atoms with Crippen molar-refractivity contribution < 1.29 is 48.0 Å². The van der Waals surface area contributed by atoms with E-state index in [0.717, 1.165) is 16.5 Å². The van der Waals surface area contributed by atoms with Crippen molar-refractivity contribution in [1.29, 1.82) is 0 Å². The highest BCUT2D eigenvalue weighted by atomic mass is 35.5. The Morgan fingerprint density at radius 1 is 1.12 bits per heavy atom. The first-order chi connectivity index (χ1) is 18.8. The summed E-state index contributed by atoms with van der Waals surface area (Å²) in [6.07, 6.45) is -4.42. The van der Waals surface area contributed by atoms with Gasteiger partial charge >= 0.3 is 15.2 Å². The number of aromatic nitrogens is 4. The molecule has 5 atom stereocenters. The second-order valence-electron chi connectivity index (χ2n) is 8.97. The van der Waals surface area contributed by atoms with Gasteiger partial charge in [-0.25, -0.2) is 4.98 Å². The van der Waals surface area contributed by atoms with Crippen LogP contribution in [0.3, 0.4) is 0 Å². The van der Waals surface area contributed by atoms with Crippen LogP contribution in [0.2, 0.25) is 5.28 Å². The summed E-state index contributed by atoms with van der Waals surface area (Å²) in [5.41, 5.74) is 1.08. The number of anilines is 2. The molecule has 1 saturated heterocycles. The van der Waals surface area contributed by atoms with E-state index in [9.17, 15) is 24.2 Å². The highest BCUT2D eigenvalue weighted by molar-refractivity contribution is 7.70. The van der Waals surface area contributed by atoms with Crippen molar-refractivity contribution in [3.8, 4) is 5.75 Å². The Bertz CT molecular complexity index is 1670. The molecule has 4 aromatic rings. The molecule has 1 aliphatic heterocycles. The van der Waals surface area contributed by atoms with Crippen LogP contribution in [0.1, 0.15) is 6.23 Å². The van der Waals surface area contributed by atoms with Crippen molar-refractivity contribution in [3.63, 3.8) is 0 Å². The fourth-order valence-electron chi connectivity index (χ4n) is 4.37. The maximum Gasteiger partial charge on any atom is 0.340 e. The van der Waals surface area contributed by atoms with Crippen LogP contribution < -0.4 is 10.1 Å². The van der Waals surface area contributed by atoms with Gasteiger partial charge in [-0.1, -0.05) is 12.1 Å². The molecule has 1 aliphatic rings. The molecule has 18 heteroatoms. The minimum Gasteiger partial charge on any atom is -0.496 e. The molecule has 15 nitrogen and oxygen atoms in total. The zero-order chi connectivity index (χ0) is 28.8. The highest BCUT2D eigenvalue weighted by Gasteiger charge is 2.45. The molecule has 5 rings (SSSR count). The van der Waals surface area contributed by atoms with Crippen LogP contribution in [0.15, 0.2) is 42.7 Å². The van der Waals surface area contributed by atoms with Crippen LogP contribution in [0.25, 0.3) is 21.9 Å². The standard InChI is InChI=1S/C22H24ClN5O10P2/c1-36-14-4-2-3-11-7-12(5-6-13(11)14)25-19-16-20(27-22(23)26-19)28(9-24-16)21-18(30)17(29)15(38-21)8-37-40(34,35)10-39(31,32)33/h2-7,9,15,17-18,21,29-30H,8,10H2,1H3,(H,34,35)(H,25,26,27)(H2,31,32,33)/t15-,17?,18+,21-/m1/s1. The minimum absolute atomic E-state index is 0.147. The lowest BCUT2D eigenvalue weighted by Gasteiger charge is -2.18. The van der Waals surface area contributed by atoms with E-state index in [4.69, 9.17) is 35.4 Å². The lowest BCUT2D eigenvalue weighted by molar-refractivity contribution is -0.0483. The molecule has 0 saturated carbocycles. The summed E-state index contributed by atoms with van der Waals surface area (Å²) < 4.78 is 40.2. The van der Waals surface area contributed by atoms with Crippen molar-refractivity contribution in [1.82, 2.24) is 19.5 Å². The molecule has 6 N–H and O–H groups in total. The number of rotatable bonds is 9. The first kappa shape index (κ1) is 28.8. The molecule has 214 valence electrons. The molecule has 2 unspecified atom stereocenters. The number of aliphatic hydroxyl groups excluding tert-OH is 2. The van der Waals surface area contributed by atoms with E-state index in [-0.39, 0.29) is 22.3 Å². The van der Waals surface area contributed by atoms with Gasteiger partial charge < -0.3 is 44.2 Å². The van der Waals surface area contributed by atoms with E-state index in [1.807, 2.05) is 36.4 Å². The Morgan fingerprint density at radius 2 is 1.90 bits per heavy atom. The van der Waals surface area contributed by atoms with E-state index in [2.05, 4.69) is 20.3 Å². The van der Waals surface area contributed by atoms with Gasteiger partial charge in [-0.15, -0.1) is 0 Å². The number of methoxy groups -OCH3 is 1. The van der Waals surface area contributed by atoms with Gasteiger partial charge in [0.2, 0.25) is 5.28 Å². The van der Waals surface area contributed by atoms with Crippen LogP contribution in [-0.4, -0.2) is 82.3 Å². The number of nitrogens with one attached hydrogen (secondary N) is 1. The average molecular weight is 616 g/mol. The molecule has 2 aromatic carbocycles. The Balaban J connectivity index is 1.39. The number of benzene rings is 2. The lowest BCUT2D eigenvalue weighted by Crippen LogP contribution is -2.33. The maximum absolute atomic E-state index is 12.0. The molecule has 0 spiro atoms. The predicted molar refractivity (Wildman–Crippen MR) is 143 cm³/mol. The monoisotopic (exact) mass is 615 g/mol. The number of aliphatic hydroxyl groups is 2. The van der Waals surface area contributed by atoms with Crippen molar-refractivity contribution in [2.24, 2.45) is 0 Å². The summed E-state index contributed by atoms with van der Waals surface area (Å²) >= 11 is 6.19. The summed E-state index contributed by atoms with van der Waals surface area (Å²) in [7, 11) is -7.96. The van der Waals surface area contributed by atoms with Gasteiger partial charge in [-0.3, -0.25) is 13.7 Å². The highest BCUT2D eigenvalue weighted by Crippen LogP contribution is 2.55. The topological polar surface area (TPSA) is 219 Å². The zero-order valence-electron chi connectivity index (χ0n) is 20.6. The van der Waals surface area contributed by atoms with Crippen LogP contribution >= 0.6 is 26.8 Å². The Labute approximate surface area is 231 Å². The fraction of sp³-hybridized carbons (Fsp3) is 0.318. The normalized spacial score (nSPS) is 23.0. The van der Waals surface area contributed by atoms with Gasteiger partial charge in [-0.2, -0.15) is 9.97 Å². The van der Waals surface area contributed by atoms with Gasteiger partial charge in [-0.05, 0) is 41.3 Å². The average Bonchev–Trinajstić information content (AvgIpc) is 3.41. The summed E-state index contributed by atoms with van der Waals surface area (Å²) in [6.45, 7) is -0.732. The SMILES string of the molecule is COc1cccc2cc(Nc3nc(Cl)nc4c3ncn4[C@@H]3O[C@H](COP(=O)(O)CP(=O)(O)O)C(O)[C@@H]3O)ccc12. The molecule has 0 bridgehead atoms. The smallest absolute Gasteiger partial charge is 0.340 e. The number of halogens is 1. The number of nitrogens with zero attached hydrogens (tertiary/aromatic N) is 4. The molecular formula is C22H24ClN5O10P2. The lowest BCUT2D eigenvalue weighted by atomic mass is 10.1. The first-order valence-corrected chi connectivity index (χ1v) is 15.6. The van der Waals surface area contributed by atoms with Gasteiger partial charge in [0, 0.05) is 11.1 Å². The Morgan fingerprint density at radius 3 is 2.62 bits per heavy atom. The number of hydrogen-bond acceptors (Lipinski definition) is 11. The summed E-state index contributed by atoms with van der Waals surface area (Å²) in [6, 6.07) is 11.2.